The molecule has 3 rings (SSSR count). The van der Waals surface area contributed by atoms with Crippen molar-refractivity contribution in [3.63, 3.8) is 0 Å². The van der Waals surface area contributed by atoms with Crippen molar-refractivity contribution < 1.29 is 9.53 Å². The van der Waals surface area contributed by atoms with E-state index in [1.165, 1.54) is 0 Å². The van der Waals surface area contributed by atoms with Crippen molar-refractivity contribution in [3.8, 4) is 5.75 Å². The van der Waals surface area contributed by atoms with Gasteiger partial charge in [-0.1, -0.05) is 30.3 Å². The molecule has 0 spiro atoms. The lowest BCUT2D eigenvalue weighted by Gasteiger charge is -2.20. The van der Waals surface area contributed by atoms with Gasteiger partial charge in [0.15, 0.2) is 0 Å². The van der Waals surface area contributed by atoms with Crippen LogP contribution in [0, 0.1) is 0 Å². The molecule has 2 aromatic rings. The van der Waals surface area contributed by atoms with E-state index in [4.69, 9.17) is 4.74 Å². The Morgan fingerprint density at radius 1 is 1.05 bits per heavy atom. The van der Waals surface area contributed by atoms with E-state index in [9.17, 15) is 4.79 Å². The van der Waals surface area contributed by atoms with Gasteiger partial charge in [-0.05, 0) is 43.2 Å². The average Bonchev–Trinajstić information content (AvgIpc) is 2.70. The van der Waals surface area contributed by atoms with Gasteiger partial charge in [0, 0.05) is 5.69 Å². The molecule has 1 aliphatic rings. The maximum atomic E-state index is 12.7. The number of carbonyl (C=O) groups excluding carboxylic acids is 1. The topological polar surface area (TPSA) is 29.5 Å². The Bertz CT molecular complexity index is 674. The Hall–Kier alpha value is -2.29. The number of rotatable bonds is 3. The highest BCUT2D eigenvalue weighted by Gasteiger charge is 2.43. The van der Waals surface area contributed by atoms with Gasteiger partial charge in [0.1, 0.15) is 5.75 Å². The molecule has 1 heterocycles. The Morgan fingerprint density at radius 2 is 1.71 bits per heavy atom. The third-order valence-corrected chi connectivity index (χ3v) is 4.15. The van der Waals surface area contributed by atoms with E-state index >= 15 is 0 Å². The van der Waals surface area contributed by atoms with Crippen molar-refractivity contribution in [2.45, 2.75) is 25.8 Å². The van der Waals surface area contributed by atoms with Gasteiger partial charge in [-0.2, -0.15) is 0 Å². The first-order valence-electron chi connectivity index (χ1n) is 7.08. The van der Waals surface area contributed by atoms with E-state index in [1.807, 2.05) is 67.3 Å². The van der Waals surface area contributed by atoms with Gasteiger partial charge in [0.25, 0.3) is 0 Å². The number of amides is 1. The van der Waals surface area contributed by atoms with Crippen LogP contribution >= 0.6 is 0 Å². The molecule has 3 nitrogen and oxygen atoms in total. The summed E-state index contributed by atoms with van der Waals surface area (Å²) in [5.74, 6) is 0.978. The largest absolute Gasteiger partial charge is 0.497 e. The van der Waals surface area contributed by atoms with Crippen molar-refractivity contribution in [3.05, 3.63) is 59.7 Å². The van der Waals surface area contributed by atoms with Crippen LogP contribution in [0.3, 0.4) is 0 Å². The van der Waals surface area contributed by atoms with Crippen LogP contribution < -0.4 is 9.64 Å². The summed E-state index contributed by atoms with van der Waals surface area (Å²) < 4.78 is 5.17. The highest BCUT2D eigenvalue weighted by atomic mass is 16.5. The van der Waals surface area contributed by atoms with Gasteiger partial charge in [-0.3, -0.25) is 4.79 Å². The Morgan fingerprint density at radius 3 is 2.38 bits per heavy atom. The monoisotopic (exact) mass is 281 g/mol. The molecule has 0 bridgehead atoms. The summed E-state index contributed by atoms with van der Waals surface area (Å²) in [6.07, 6.45) is 0. The molecule has 2 aromatic carbocycles. The van der Waals surface area contributed by atoms with Gasteiger partial charge in [-0.25, -0.2) is 0 Å². The fraction of sp³-hybridized carbons (Fsp3) is 0.278. The molecule has 0 radical (unpaired) electrons. The first-order valence-corrected chi connectivity index (χ1v) is 7.08. The maximum absolute atomic E-state index is 12.7. The van der Waals surface area contributed by atoms with Crippen molar-refractivity contribution in [1.82, 2.24) is 0 Å². The summed E-state index contributed by atoms with van der Waals surface area (Å²) in [4.78, 5) is 14.6. The van der Waals surface area contributed by atoms with Gasteiger partial charge < -0.3 is 9.64 Å². The molecule has 3 heteroatoms. The van der Waals surface area contributed by atoms with Crippen LogP contribution in [0.5, 0.6) is 5.75 Å². The minimum atomic E-state index is -0.455. The summed E-state index contributed by atoms with van der Waals surface area (Å²) >= 11 is 0. The Balaban J connectivity index is 1.93. The summed E-state index contributed by atoms with van der Waals surface area (Å²) in [6, 6.07) is 15.9. The fourth-order valence-corrected chi connectivity index (χ4v) is 2.87. The Labute approximate surface area is 125 Å². The lowest BCUT2D eigenvalue weighted by molar-refractivity contribution is -0.122. The van der Waals surface area contributed by atoms with Crippen molar-refractivity contribution in [2.75, 3.05) is 12.0 Å². The normalized spacial score (nSPS) is 16.0. The molecule has 0 aromatic heterocycles. The Kier molecular flexibility index (Phi) is 3.20. The van der Waals surface area contributed by atoms with Crippen LogP contribution in [0.4, 0.5) is 5.69 Å². The predicted molar refractivity (Wildman–Crippen MR) is 83.7 cm³/mol. The first-order chi connectivity index (χ1) is 10.0. The second kappa shape index (κ2) is 4.92. The minimum absolute atomic E-state index is 0.152. The minimum Gasteiger partial charge on any atom is -0.497 e. The zero-order chi connectivity index (χ0) is 15.0. The third kappa shape index (κ3) is 2.19. The molecule has 1 aliphatic heterocycles. The molecular weight excluding hydrogens is 262 g/mol. The number of para-hydroxylation sites is 1. The van der Waals surface area contributed by atoms with Crippen LogP contribution in [-0.2, 0) is 16.8 Å². The number of carbonyl (C=O) groups is 1. The van der Waals surface area contributed by atoms with Crippen LogP contribution in [0.1, 0.15) is 25.0 Å². The van der Waals surface area contributed by atoms with E-state index in [1.54, 1.807) is 7.11 Å². The molecule has 1 amide bonds. The number of benzene rings is 2. The molecule has 0 fully saturated rings. The van der Waals surface area contributed by atoms with E-state index < -0.39 is 5.41 Å². The molecule has 0 atom stereocenters. The summed E-state index contributed by atoms with van der Waals surface area (Å²) in [5.41, 5.74) is 2.76. The van der Waals surface area contributed by atoms with Crippen molar-refractivity contribution in [1.29, 1.82) is 0 Å². The number of hydrogen-bond donors (Lipinski definition) is 0. The first kappa shape index (κ1) is 13.7. The molecule has 0 N–H and O–H groups in total. The summed E-state index contributed by atoms with van der Waals surface area (Å²) in [7, 11) is 1.65. The van der Waals surface area contributed by atoms with Gasteiger partial charge in [-0.15, -0.1) is 0 Å². The lowest BCUT2D eigenvalue weighted by Crippen LogP contribution is -2.35. The fourth-order valence-electron chi connectivity index (χ4n) is 2.87. The number of hydrogen-bond acceptors (Lipinski definition) is 2. The zero-order valence-electron chi connectivity index (χ0n) is 12.6. The second-order valence-corrected chi connectivity index (χ2v) is 5.88. The van der Waals surface area contributed by atoms with Gasteiger partial charge >= 0.3 is 0 Å². The molecule has 0 saturated heterocycles. The highest BCUT2D eigenvalue weighted by molar-refractivity contribution is 6.07. The number of nitrogens with zero attached hydrogens (tertiary/aromatic N) is 1. The number of methoxy groups -OCH3 is 1. The second-order valence-electron chi connectivity index (χ2n) is 5.88. The van der Waals surface area contributed by atoms with Crippen LogP contribution in [0.15, 0.2) is 48.5 Å². The third-order valence-electron chi connectivity index (χ3n) is 4.15. The SMILES string of the molecule is COc1ccc(CN2C(=O)C(C)(C)c3ccccc32)cc1. The number of anilines is 1. The molecule has 0 aliphatic carbocycles. The van der Waals surface area contributed by atoms with Gasteiger partial charge in [0.2, 0.25) is 5.91 Å². The van der Waals surface area contributed by atoms with Crippen LogP contribution in [0.2, 0.25) is 0 Å². The maximum Gasteiger partial charge on any atom is 0.237 e. The zero-order valence-corrected chi connectivity index (χ0v) is 12.6. The quantitative estimate of drug-likeness (QED) is 0.861. The van der Waals surface area contributed by atoms with Crippen molar-refractivity contribution in [2.24, 2.45) is 0 Å². The molecule has 0 unspecified atom stereocenters. The average molecular weight is 281 g/mol. The predicted octanol–water partition coefficient (Wildman–Crippen LogP) is 3.52. The molecule has 21 heavy (non-hydrogen) atoms. The van der Waals surface area contributed by atoms with E-state index in [2.05, 4.69) is 0 Å². The molecule has 108 valence electrons. The molecular formula is C18H19NO2. The van der Waals surface area contributed by atoms with E-state index in [-0.39, 0.29) is 5.91 Å². The van der Waals surface area contributed by atoms with E-state index in [0.717, 1.165) is 22.6 Å². The van der Waals surface area contributed by atoms with Gasteiger partial charge in [0.05, 0.1) is 19.1 Å². The van der Waals surface area contributed by atoms with E-state index in [0.29, 0.717) is 6.54 Å². The standard InChI is InChI=1S/C18H19NO2/c1-18(2)15-6-4-5-7-16(15)19(17(18)20)12-13-8-10-14(21-3)11-9-13/h4-11H,12H2,1-3H3. The lowest BCUT2D eigenvalue weighted by atomic mass is 9.86. The summed E-state index contributed by atoms with van der Waals surface area (Å²) in [6.45, 7) is 4.56. The number of fused-ring (bicyclic) bond motifs is 1. The summed E-state index contributed by atoms with van der Waals surface area (Å²) in [5, 5.41) is 0. The smallest absolute Gasteiger partial charge is 0.237 e. The molecule has 0 saturated carbocycles. The van der Waals surface area contributed by atoms with Crippen LogP contribution in [-0.4, -0.2) is 13.0 Å². The highest BCUT2D eigenvalue weighted by Crippen LogP contribution is 2.41. The van der Waals surface area contributed by atoms with Crippen molar-refractivity contribution >= 4 is 11.6 Å². The number of ether oxygens (including phenoxy) is 1. The van der Waals surface area contributed by atoms with Crippen LogP contribution in [0.25, 0.3) is 0 Å².